The molecule has 1 heterocycles. The van der Waals surface area contributed by atoms with Crippen LogP contribution >= 0.6 is 0 Å². The third-order valence-electron chi connectivity index (χ3n) is 2.13. The SMILES string of the molecule is CCCC(O)CCc1ncnn1C. The molecule has 1 rings (SSSR count). The fraction of sp³-hybridized carbons (Fsp3) is 0.778. The van der Waals surface area contributed by atoms with E-state index in [-0.39, 0.29) is 6.10 Å². The van der Waals surface area contributed by atoms with Gasteiger partial charge in [0.25, 0.3) is 0 Å². The van der Waals surface area contributed by atoms with Crippen LogP contribution in [0.2, 0.25) is 0 Å². The van der Waals surface area contributed by atoms with Crippen molar-refractivity contribution in [2.75, 3.05) is 0 Å². The Bertz CT molecular complexity index is 247. The van der Waals surface area contributed by atoms with E-state index in [4.69, 9.17) is 0 Å². The molecule has 1 unspecified atom stereocenters. The molecule has 1 aromatic rings. The normalized spacial score (nSPS) is 13.2. The Hall–Kier alpha value is -0.900. The van der Waals surface area contributed by atoms with Gasteiger partial charge in [-0.2, -0.15) is 5.10 Å². The highest BCUT2D eigenvalue weighted by molar-refractivity contribution is 4.83. The summed E-state index contributed by atoms with van der Waals surface area (Å²) in [4.78, 5) is 4.09. The molecule has 4 heteroatoms. The zero-order chi connectivity index (χ0) is 9.68. The third kappa shape index (κ3) is 3.14. The number of aliphatic hydroxyl groups is 1. The topological polar surface area (TPSA) is 50.9 Å². The minimum Gasteiger partial charge on any atom is -0.393 e. The average molecular weight is 183 g/mol. The second-order valence-electron chi connectivity index (χ2n) is 3.28. The van der Waals surface area contributed by atoms with Gasteiger partial charge < -0.3 is 5.11 Å². The quantitative estimate of drug-likeness (QED) is 0.738. The molecule has 0 bridgehead atoms. The maximum absolute atomic E-state index is 9.48. The molecule has 0 radical (unpaired) electrons. The van der Waals surface area contributed by atoms with E-state index in [2.05, 4.69) is 17.0 Å². The first-order valence-corrected chi connectivity index (χ1v) is 4.75. The highest BCUT2D eigenvalue weighted by Gasteiger charge is 2.05. The van der Waals surface area contributed by atoms with E-state index in [1.54, 1.807) is 11.0 Å². The zero-order valence-corrected chi connectivity index (χ0v) is 8.27. The lowest BCUT2D eigenvalue weighted by Crippen LogP contribution is -2.09. The van der Waals surface area contributed by atoms with Crippen molar-refractivity contribution < 1.29 is 5.11 Å². The number of aromatic nitrogens is 3. The Morgan fingerprint density at radius 2 is 2.31 bits per heavy atom. The van der Waals surface area contributed by atoms with Crippen LogP contribution in [0.15, 0.2) is 6.33 Å². The van der Waals surface area contributed by atoms with E-state index in [1.165, 1.54) is 0 Å². The molecular weight excluding hydrogens is 166 g/mol. The van der Waals surface area contributed by atoms with Gasteiger partial charge in [-0.1, -0.05) is 13.3 Å². The van der Waals surface area contributed by atoms with Gasteiger partial charge in [0.1, 0.15) is 12.2 Å². The Morgan fingerprint density at radius 3 is 2.85 bits per heavy atom. The number of nitrogens with zero attached hydrogens (tertiary/aromatic N) is 3. The molecule has 1 N–H and O–H groups in total. The predicted octanol–water partition coefficient (Wildman–Crippen LogP) is 0.909. The van der Waals surface area contributed by atoms with Crippen LogP contribution < -0.4 is 0 Å². The van der Waals surface area contributed by atoms with Crippen LogP contribution in [0.5, 0.6) is 0 Å². The minimum atomic E-state index is -0.193. The van der Waals surface area contributed by atoms with Crippen molar-refractivity contribution in [3.8, 4) is 0 Å². The molecule has 1 atom stereocenters. The summed E-state index contributed by atoms with van der Waals surface area (Å²) < 4.78 is 1.75. The van der Waals surface area contributed by atoms with E-state index in [9.17, 15) is 5.11 Å². The predicted molar refractivity (Wildman–Crippen MR) is 50.2 cm³/mol. The monoisotopic (exact) mass is 183 g/mol. The van der Waals surface area contributed by atoms with Gasteiger partial charge >= 0.3 is 0 Å². The van der Waals surface area contributed by atoms with E-state index < -0.39 is 0 Å². The maximum Gasteiger partial charge on any atom is 0.138 e. The summed E-state index contributed by atoms with van der Waals surface area (Å²) >= 11 is 0. The van der Waals surface area contributed by atoms with Gasteiger partial charge in [-0.3, -0.25) is 4.68 Å². The molecule has 0 aromatic carbocycles. The van der Waals surface area contributed by atoms with Crippen molar-refractivity contribution in [2.24, 2.45) is 7.05 Å². The van der Waals surface area contributed by atoms with Crippen LogP contribution in [-0.2, 0) is 13.5 Å². The van der Waals surface area contributed by atoms with Crippen LogP contribution in [0, 0.1) is 0 Å². The van der Waals surface area contributed by atoms with Crippen LogP contribution in [0.1, 0.15) is 32.0 Å². The highest BCUT2D eigenvalue weighted by Crippen LogP contribution is 2.05. The lowest BCUT2D eigenvalue weighted by molar-refractivity contribution is 0.153. The van der Waals surface area contributed by atoms with Crippen LogP contribution in [-0.4, -0.2) is 26.0 Å². The first-order valence-electron chi connectivity index (χ1n) is 4.75. The van der Waals surface area contributed by atoms with Gasteiger partial charge in [0.15, 0.2) is 0 Å². The minimum absolute atomic E-state index is 0.193. The summed E-state index contributed by atoms with van der Waals surface area (Å²) in [6.07, 6.45) is 4.83. The summed E-state index contributed by atoms with van der Waals surface area (Å²) in [7, 11) is 1.87. The molecule has 1 aromatic heterocycles. The van der Waals surface area contributed by atoms with Crippen molar-refractivity contribution in [3.63, 3.8) is 0 Å². The second-order valence-corrected chi connectivity index (χ2v) is 3.28. The van der Waals surface area contributed by atoms with Crippen molar-refractivity contribution in [2.45, 2.75) is 38.7 Å². The van der Waals surface area contributed by atoms with Crippen molar-refractivity contribution >= 4 is 0 Å². The Labute approximate surface area is 78.6 Å². The van der Waals surface area contributed by atoms with Crippen molar-refractivity contribution in [3.05, 3.63) is 12.2 Å². The zero-order valence-electron chi connectivity index (χ0n) is 8.27. The first-order chi connectivity index (χ1) is 6.24. The van der Waals surface area contributed by atoms with Crippen molar-refractivity contribution in [1.82, 2.24) is 14.8 Å². The standard InChI is InChI=1S/C9H17N3O/c1-3-4-8(13)5-6-9-10-7-11-12(9)2/h7-8,13H,3-6H2,1-2H3. The number of hydrogen-bond donors (Lipinski definition) is 1. The molecule has 0 amide bonds. The molecule has 0 aliphatic carbocycles. The number of hydrogen-bond acceptors (Lipinski definition) is 3. The molecule has 0 aliphatic rings. The van der Waals surface area contributed by atoms with E-state index in [0.29, 0.717) is 0 Å². The van der Waals surface area contributed by atoms with Gasteiger partial charge in [-0.25, -0.2) is 4.98 Å². The molecule has 0 fully saturated rings. The summed E-state index contributed by atoms with van der Waals surface area (Å²) in [5, 5.41) is 13.4. The lowest BCUT2D eigenvalue weighted by atomic mass is 10.1. The first kappa shape index (κ1) is 10.2. The molecule has 0 spiro atoms. The number of aryl methyl sites for hydroxylation is 2. The largest absolute Gasteiger partial charge is 0.393 e. The summed E-state index contributed by atoms with van der Waals surface area (Å²) in [5.41, 5.74) is 0. The molecule has 0 saturated carbocycles. The van der Waals surface area contributed by atoms with E-state index in [1.807, 2.05) is 7.05 Å². The summed E-state index contributed by atoms with van der Waals surface area (Å²) in [6, 6.07) is 0. The Morgan fingerprint density at radius 1 is 1.54 bits per heavy atom. The van der Waals surface area contributed by atoms with Gasteiger partial charge in [0.05, 0.1) is 6.10 Å². The van der Waals surface area contributed by atoms with Crippen LogP contribution in [0.3, 0.4) is 0 Å². The van der Waals surface area contributed by atoms with E-state index in [0.717, 1.165) is 31.5 Å². The van der Waals surface area contributed by atoms with Gasteiger partial charge in [0, 0.05) is 13.5 Å². The van der Waals surface area contributed by atoms with Gasteiger partial charge in [-0.15, -0.1) is 0 Å². The molecule has 0 saturated heterocycles. The van der Waals surface area contributed by atoms with E-state index >= 15 is 0 Å². The summed E-state index contributed by atoms with van der Waals surface area (Å²) in [6.45, 7) is 2.07. The van der Waals surface area contributed by atoms with Crippen LogP contribution in [0.25, 0.3) is 0 Å². The Balaban J connectivity index is 2.30. The summed E-state index contributed by atoms with van der Waals surface area (Å²) in [5.74, 6) is 0.940. The highest BCUT2D eigenvalue weighted by atomic mass is 16.3. The second kappa shape index (κ2) is 4.97. The third-order valence-corrected chi connectivity index (χ3v) is 2.13. The molecule has 4 nitrogen and oxygen atoms in total. The number of aliphatic hydroxyl groups excluding tert-OH is 1. The smallest absolute Gasteiger partial charge is 0.138 e. The van der Waals surface area contributed by atoms with Crippen LogP contribution in [0.4, 0.5) is 0 Å². The number of rotatable bonds is 5. The molecule has 0 aliphatic heterocycles. The molecular formula is C9H17N3O. The molecule has 74 valence electrons. The fourth-order valence-electron chi connectivity index (χ4n) is 1.32. The molecule has 13 heavy (non-hydrogen) atoms. The fourth-order valence-corrected chi connectivity index (χ4v) is 1.32. The van der Waals surface area contributed by atoms with Gasteiger partial charge in [-0.05, 0) is 12.8 Å². The van der Waals surface area contributed by atoms with Gasteiger partial charge in [0.2, 0.25) is 0 Å². The average Bonchev–Trinajstić information content (AvgIpc) is 2.48. The van der Waals surface area contributed by atoms with Crippen molar-refractivity contribution in [1.29, 1.82) is 0 Å². The lowest BCUT2D eigenvalue weighted by Gasteiger charge is -2.07. The Kier molecular flexibility index (Phi) is 3.89. The maximum atomic E-state index is 9.48.